The van der Waals surface area contributed by atoms with E-state index in [1.54, 1.807) is 27.9 Å². The predicted octanol–water partition coefficient (Wildman–Crippen LogP) is 2.74. The summed E-state index contributed by atoms with van der Waals surface area (Å²) in [6.45, 7) is 8.84. The molecule has 0 spiro atoms. The number of halogens is 1. The monoisotopic (exact) mass is 407 g/mol. The molecule has 3 aromatic rings. The Morgan fingerprint density at radius 3 is 2.53 bits per heavy atom. The van der Waals surface area contributed by atoms with Gasteiger partial charge in [0.15, 0.2) is 0 Å². The number of aryl methyl sites for hydroxylation is 1. The number of quaternary nitrogens is 1. The van der Waals surface area contributed by atoms with Crippen molar-refractivity contribution < 1.29 is 14.1 Å². The van der Waals surface area contributed by atoms with Crippen LogP contribution in [0.15, 0.2) is 54.7 Å². The van der Waals surface area contributed by atoms with Crippen LogP contribution in [-0.4, -0.2) is 53.3 Å². The standard InChI is InChI=1S/C24H27FN4O/c1-3-11-27-12-14-28(15-13-27)24(30)22-17-29(21-9-7-20(25)8-10-21)26-23(22)19-6-4-5-18(2)16-19/h4-10,16-17H,3,11-15H2,1-2H3/p+1. The zero-order valence-electron chi connectivity index (χ0n) is 17.6. The van der Waals surface area contributed by atoms with Crippen LogP contribution >= 0.6 is 0 Å². The smallest absolute Gasteiger partial charge is 0.258 e. The first kappa shape index (κ1) is 20.3. The van der Waals surface area contributed by atoms with Crippen molar-refractivity contribution in [1.29, 1.82) is 0 Å². The maximum absolute atomic E-state index is 13.4. The number of nitrogens with zero attached hydrogens (tertiary/aromatic N) is 3. The molecule has 1 aliphatic heterocycles. The van der Waals surface area contributed by atoms with E-state index in [0.717, 1.165) is 56.0 Å². The average Bonchev–Trinajstić information content (AvgIpc) is 3.20. The predicted molar refractivity (Wildman–Crippen MR) is 115 cm³/mol. The third-order valence-corrected chi connectivity index (χ3v) is 5.69. The molecule has 0 atom stereocenters. The number of carbonyl (C=O) groups excluding carboxylic acids is 1. The Hall–Kier alpha value is -2.99. The van der Waals surface area contributed by atoms with Crippen LogP contribution in [0.4, 0.5) is 4.39 Å². The molecule has 2 aromatic carbocycles. The molecular formula is C24H28FN4O+. The molecule has 0 unspecified atom stereocenters. The second-order valence-electron chi connectivity index (χ2n) is 7.97. The van der Waals surface area contributed by atoms with Gasteiger partial charge in [0.05, 0.1) is 44.0 Å². The Labute approximate surface area is 176 Å². The van der Waals surface area contributed by atoms with Crippen molar-refractivity contribution in [2.45, 2.75) is 20.3 Å². The van der Waals surface area contributed by atoms with Gasteiger partial charge in [-0.3, -0.25) is 4.79 Å². The van der Waals surface area contributed by atoms with Crippen LogP contribution < -0.4 is 4.90 Å². The second kappa shape index (κ2) is 8.79. The van der Waals surface area contributed by atoms with E-state index in [1.165, 1.54) is 12.1 Å². The summed E-state index contributed by atoms with van der Waals surface area (Å²) in [5.74, 6) is -0.288. The van der Waals surface area contributed by atoms with Gasteiger partial charge in [0.25, 0.3) is 5.91 Å². The number of hydrogen-bond donors (Lipinski definition) is 1. The SMILES string of the molecule is CCC[NH+]1CCN(C(=O)c2cn(-c3ccc(F)cc3)nc2-c2cccc(C)c2)CC1. The lowest BCUT2D eigenvalue weighted by atomic mass is 10.0. The van der Waals surface area contributed by atoms with Crippen LogP contribution in [-0.2, 0) is 0 Å². The first-order valence-electron chi connectivity index (χ1n) is 10.6. The number of nitrogens with one attached hydrogen (secondary N) is 1. The molecule has 1 aliphatic rings. The van der Waals surface area contributed by atoms with Gasteiger partial charge < -0.3 is 9.80 Å². The lowest BCUT2D eigenvalue weighted by Crippen LogP contribution is -3.14. The van der Waals surface area contributed by atoms with E-state index >= 15 is 0 Å². The molecule has 0 aliphatic carbocycles. The summed E-state index contributed by atoms with van der Waals surface area (Å²) < 4.78 is 15.0. The highest BCUT2D eigenvalue weighted by atomic mass is 19.1. The van der Waals surface area contributed by atoms with Gasteiger partial charge in [0, 0.05) is 11.8 Å². The molecule has 5 nitrogen and oxygen atoms in total. The number of aromatic nitrogens is 2. The van der Waals surface area contributed by atoms with Crippen molar-refractivity contribution in [2.75, 3.05) is 32.7 Å². The molecule has 1 saturated heterocycles. The van der Waals surface area contributed by atoms with Crippen LogP contribution in [0, 0.1) is 12.7 Å². The highest BCUT2D eigenvalue weighted by molar-refractivity contribution is 6.00. The van der Waals surface area contributed by atoms with E-state index in [4.69, 9.17) is 5.10 Å². The minimum atomic E-state index is -0.298. The molecule has 4 rings (SSSR count). The quantitative estimate of drug-likeness (QED) is 0.707. The van der Waals surface area contributed by atoms with E-state index in [2.05, 4.69) is 6.92 Å². The van der Waals surface area contributed by atoms with Crippen LogP contribution in [0.3, 0.4) is 0 Å². The Morgan fingerprint density at radius 2 is 1.87 bits per heavy atom. The van der Waals surface area contributed by atoms with Gasteiger partial charge in [-0.1, -0.05) is 30.7 Å². The topological polar surface area (TPSA) is 42.6 Å². The second-order valence-corrected chi connectivity index (χ2v) is 7.97. The van der Waals surface area contributed by atoms with E-state index in [-0.39, 0.29) is 11.7 Å². The molecule has 30 heavy (non-hydrogen) atoms. The van der Waals surface area contributed by atoms with Crippen LogP contribution in [0.25, 0.3) is 16.9 Å². The van der Waals surface area contributed by atoms with Gasteiger partial charge in [-0.05, 0) is 43.7 Å². The number of amides is 1. The average molecular weight is 408 g/mol. The number of rotatable bonds is 5. The van der Waals surface area contributed by atoms with Crippen molar-refractivity contribution in [1.82, 2.24) is 14.7 Å². The zero-order chi connectivity index (χ0) is 21.1. The maximum Gasteiger partial charge on any atom is 0.258 e. The number of carbonyl (C=O) groups is 1. The highest BCUT2D eigenvalue weighted by Gasteiger charge is 2.28. The molecular weight excluding hydrogens is 379 g/mol. The lowest BCUT2D eigenvalue weighted by Gasteiger charge is -2.32. The summed E-state index contributed by atoms with van der Waals surface area (Å²) in [7, 11) is 0. The Morgan fingerprint density at radius 1 is 1.13 bits per heavy atom. The molecule has 1 fully saturated rings. The van der Waals surface area contributed by atoms with Crippen LogP contribution in [0.5, 0.6) is 0 Å². The molecule has 1 amide bonds. The van der Waals surface area contributed by atoms with Gasteiger partial charge in [-0.25, -0.2) is 9.07 Å². The fraction of sp³-hybridized carbons (Fsp3) is 0.333. The summed E-state index contributed by atoms with van der Waals surface area (Å²) in [4.78, 5) is 16.9. The minimum absolute atomic E-state index is 0.00964. The maximum atomic E-state index is 13.4. The summed E-state index contributed by atoms with van der Waals surface area (Å²) >= 11 is 0. The fourth-order valence-electron chi connectivity index (χ4n) is 4.06. The van der Waals surface area contributed by atoms with Crippen molar-refractivity contribution >= 4 is 5.91 Å². The Kier molecular flexibility index (Phi) is 5.95. The van der Waals surface area contributed by atoms with E-state index in [1.807, 2.05) is 36.1 Å². The molecule has 156 valence electrons. The largest absolute Gasteiger partial charge is 0.332 e. The summed E-state index contributed by atoms with van der Waals surface area (Å²) in [6, 6.07) is 14.2. The summed E-state index contributed by atoms with van der Waals surface area (Å²) in [5, 5.41) is 4.72. The van der Waals surface area contributed by atoms with Crippen LogP contribution in [0.1, 0.15) is 29.3 Å². The molecule has 1 N–H and O–H groups in total. The summed E-state index contributed by atoms with van der Waals surface area (Å²) in [5.41, 5.74) is 4.00. The van der Waals surface area contributed by atoms with Gasteiger partial charge in [0.2, 0.25) is 0 Å². The Bertz CT molecular complexity index is 1020. The lowest BCUT2D eigenvalue weighted by molar-refractivity contribution is -0.904. The first-order valence-corrected chi connectivity index (χ1v) is 10.6. The molecule has 0 bridgehead atoms. The first-order chi connectivity index (χ1) is 14.5. The van der Waals surface area contributed by atoms with Gasteiger partial charge >= 0.3 is 0 Å². The number of benzene rings is 2. The molecule has 2 heterocycles. The molecule has 0 saturated carbocycles. The fourth-order valence-corrected chi connectivity index (χ4v) is 4.06. The summed E-state index contributed by atoms with van der Waals surface area (Å²) in [6.07, 6.45) is 2.93. The van der Waals surface area contributed by atoms with Crippen molar-refractivity contribution in [3.05, 3.63) is 71.7 Å². The Balaban J connectivity index is 1.68. The van der Waals surface area contributed by atoms with Gasteiger partial charge in [0.1, 0.15) is 11.5 Å². The van der Waals surface area contributed by atoms with Gasteiger partial charge in [-0.15, -0.1) is 0 Å². The van der Waals surface area contributed by atoms with Crippen molar-refractivity contribution in [3.8, 4) is 16.9 Å². The zero-order valence-corrected chi connectivity index (χ0v) is 17.6. The normalized spacial score (nSPS) is 14.8. The van der Waals surface area contributed by atoms with Crippen molar-refractivity contribution in [2.24, 2.45) is 0 Å². The molecule has 1 aromatic heterocycles. The van der Waals surface area contributed by atoms with E-state index < -0.39 is 0 Å². The minimum Gasteiger partial charge on any atom is -0.332 e. The number of piperazine rings is 1. The van der Waals surface area contributed by atoms with Crippen LogP contribution in [0.2, 0.25) is 0 Å². The third kappa shape index (κ3) is 4.28. The van der Waals surface area contributed by atoms with Gasteiger partial charge in [-0.2, -0.15) is 5.10 Å². The highest BCUT2D eigenvalue weighted by Crippen LogP contribution is 2.26. The third-order valence-electron chi connectivity index (χ3n) is 5.69. The van der Waals surface area contributed by atoms with E-state index in [9.17, 15) is 9.18 Å². The van der Waals surface area contributed by atoms with Crippen molar-refractivity contribution in [3.63, 3.8) is 0 Å². The molecule has 0 radical (unpaired) electrons. The van der Waals surface area contributed by atoms with E-state index in [0.29, 0.717) is 11.3 Å². The number of hydrogen-bond acceptors (Lipinski definition) is 2. The molecule has 6 heteroatoms.